The van der Waals surface area contributed by atoms with Crippen LogP contribution in [0.15, 0.2) is 0 Å². The number of rotatable bonds is 11. The molecule has 0 aromatic carbocycles. The Morgan fingerprint density at radius 3 is 1.28 bits per heavy atom. The highest BCUT2D eigenvalue weighted by Gasteiger charge is 2.30. The van der Waals surface area contributed by atoms with E-state index in [2.05, 4.69) is 0 Å². The van der Waals surface area contributed by atoms with E-state index >= 15 is 0 Å². The number of ether oxygens (including phenoxy) is 2. The minimum atomic E-state index is -1.60. The van der Waals surface area contributed by atoms with Gasteiger partial charge in [0.15, 0.2) is 0 Å². The van der Waals surface area contributed by atoms with Crippen LogP contribution in [-0.2, 0) is 9.47 Å². The molecule has 0 saturated heterocycles. The van der Waals surface area contributed by atoms with E-state index in [0.717, 1.165) is 0 Å². The van der Waals surface area contributed by atoms with Crippen LogP contribution in [-0.4, -0.2) is 94.7 Å². The lowest BCUT2D eigenvalue weighted by atomic mass is 10.0. The van der Waals surface area contributed by atoms with E-state index in [1.807, 2.05) is 0 Å². The van der Waals surface area contributed by atoms with Crippen LogP contribution in [0.4, 0.5) is 0 Å². The lowest BCUT2D eigenvalue weighted by molar-refractivity contribution is -0.135. The van der Waals surface area contributed by atoms with Crippen molar-refractivity contribution in [2.45, 2.75) is 24.4 Å². The molecule has 0 radical (unpaired) electrons. The van der Waals surface area contributed by atoms with Crippen molar-refractivity contribution in [3.8, 4) is 0 Å². The van der Waals surface area contributed by atoms with Crippen LogP contribution in [0.3, 0.4) is 0 Å². The predicted molar refractivity (Wildman–Crippen MR) is 59.8 cm³/mol. The van der Waals surface area contributed by atoms with Crippen LogP contribution in [0.25, 0.3) is 0 Å². The van der Waals surface area contributed by atoms with Gasteiger partial charge in [0.25, 0.3) is 0 Å². The molecule has 8 heteroatoms. The molecule has 0 rings (SSSR count). The second kappa shape index (κ2) is 10.6. The molecule has 0 aliphatic carbocycles. The maximum atomic E-state index is 9.51. The number of aliphatic hydroxyl groups is 6. The van der Waals surface area contributed by atoms with Crippen LogP contribution in [0.2, 0.25) is 0 Å². The molecule has 0 fully saturated rings. The van der Waals surface area contributed by atoms with Crippen molar-refractivity contribution in [2.75, 3.05) is 39.6 Å². The lowest BCUT2D eigenvalue weighted by Gasteiger charge is -2.26. The predicted octanol–water partition coefficient (Wildman–Crippen LogP) is -3.55. The van der Waals surface area contributed by atoms with Gasteiger partial charge < -0.3 is 40.1 Å². The van der Waals surface area contributed by atoms with Gasteiger partial charge >= 0.3 is 0 Å². The number of aliphatic hydroxyl groups excluding tert-OH is 6. The molecule has 0 aliphatic rings. The third-order valence-corrected chi connectivity index (χ3v) is 2.19. The Kier molecular flexibility index (Phi) is 10.4. The molecule has 0 bridgehead atoms. The maximum absolute atomic E-state index is 9.51. The number of hydrogen-bond acceptors (Lipinski definition) is 8. The van der Waals surface area contributed by atoms with E-state index in [1.165, 1.54) is 0 Å². The Morgan fingerprint density at radius 2 is 1.00 bits per heavy atom. The summed E-state index contributed by atoms with van der Waals surface area (Å²) in [4.78, 5) is 0. The molecule has 0 spiro atoms. The second-order valence-corrected chi connectivity index (χ2v) is 3.71. The van der Waals surface area contributed by atoms with Crippen molar-refractivity contribution >= 4 is 0 Å². The Balaban J connectivity index is 3.93. The zero-order chi connectivity index (χ0) is 14.0. The SMILES string of the molecule is OCCOCC(O)C(O)C(O)C(O)COCCO. The third kappa shape index (κ3) is 7.19. The van der Waals surface area contributed by atoms with Crippen LogP contribution < -0.4 is 0 Å². The average Bonchev–Trinajstić information content (AvgIpc) is 2.37. The fourth-order valence-electron chi connectivity index (χ4n) is 1.19. The van der Waals surface area contributed by atoms with Gasteiger partial charge in [-0.05, 0) is 0 Å². The second-order valence-electron chi connectivity index (χ2n) is 3.71. The van der Waals surface area contributed by atoms with E-state index in [-0.39, 0.29) is 39.6 Å². The van der Waals surface area contributed by atoms with Gasteiger partial charge in [-0.3, -0.25) is 0 Å². The molecule has 0 aromatic rings. The van der Waals surface area contributed by atoms with Gasteiger partial charge in [-0.2, -0.15) is 0 Å². The van der Waals surface area contributed by atoms with Crippen molar-refractivity contribution in [3.05, 3.63) is 0 Å². The molecule has 0 aromatic heterocycles. The summed E-state index contributed by atoms with van der Waals surface area (Å²) in [6, 6.07) is 0. The summed E-state index contributed by atoms with van der Waals surface area (Å²) in [7, 11) is 0. The number of hydrogen-bond donors (Lipinski definition) is 6. The van der Waals surface area contributed by atoms with Gasteiger partial charge in [0.05, 0.1) is 39.6 Å². The maximum Gasteiger partial charge on any atom is 0.111 e. The zero-order valence-corrected chi connectivity index (χ0v) is 10.1. The van der Waals surface area contributed by atoms with Crippen LogP contribution in [0.5, 0.6) is 0 Å². The van der Waals surface area contributed by atoms with Gasteiger partial charge in [0.1, 0.15) is 24.4 Å². The highest BCUT2D eigenvalue weighted by atomic mass is 16.5. The first-order valence-electron chi connectivity index (χ1n) is 5.64. The topological polar surface area (TPSA) is 140 Å². The first kappa shape index (κ1) is 17.7. The first-order chi connectivity index (χ1) is 8.54. The zero-order valence-electron chi connectivity index (χ0n) is 10.1. The largest absolute Gasteiger partial charge is 0.394 e. The van der Waals surface area contributed by atoms with Gasteiger partial charge in [-0.15, -0.1) is 0 Å². The molecule has 4 unspecified atom stereocenters. The molecule has 8 nitrogen and oxygen atoms in total. The lowest BCUT2D eigenvalue weighted by Crippen LogP contribution is -2.47. The third-order valence-electron chi connectivity index (χ3n) is 2.19. The minimum Gasteiger partial charge on any atom is -0.394 e. The van der Waals surface area contributed by atoms with E-state index in [4.69, 9.17) is 19.7 Å². The molecule has 0 amide bonds. The van der Waals surface area contributed by atoms with E-state index in [1.54, 1.807) is 0 Å². The molecule has 0 saturated carbocycles. The normalized spacial score (nSPS) is 18.3. The standard InChI is InChI=1S/C10H22O8/c11-1-3-17-5-7(13)9(15)10(16)8(14)6-18-4-2-12/h7-16H,1-6H2. The fraction of sp³-hybridized carbons (Fsp3) is 1.00. The highest BCUT2D eigenvalue weighted by molar-refractivity contribution is 4.80. The van der Waals surface area contributed by atoms with Gasteiger partial charge in [0, 0.05) is 0 Å². The summed E-state index contributed by atoms with van der Waals surface area (Å²) in [5.41, 5.74) is 0. The van der Waals surface area contributed by atoms with Gasteiger partial charge in [-0.1, -0.05) is 0 Å². The highest BCUT2D eigenvalue weighted by Crippen LogP contribution is 2.06. The molecule has 0 heterocycles. The Hall–Kier alpha value is -0.320. The monoisotopic (exact) mass is 270 g/mol. The van der Waals surface area contributed by atoms with Crippen molar-refractivity contribution in [1.29, 1.82) is 0 Å². The van der Waals surface area contributed by atoms with E-state index < -0.39 is 24.4 Å². The van der Waals surface area contributed by atoms with E-state index in [0.29, 0.717) is 0 Å². The van der Waals surface area contributed by atoms with Gasteiger partial charge in [0.2, 0.25) is 0 Å². The molecule has 110 valence electrons. The molecule has 6 N–H and O–H groups in total. The summed E-state index contributed by atoms with van der Waals surface area (Å²) in [5, 5.41) is 54.7. The van der Waals surface area contributed by atoms with Crippen molar-refractivity contribution in [3.63, 3.8) is 0 Å². The summed E-state index contributed by atoms with van der Waals surface area (Å²) < 4.78 is 9.55. The minimum absolute atomic E-state index is 0.00202. The average molecular weight is 270 g/mol. The van der Waals surface area contributed by atoms with Crippen LogP contribution in [0.1, 0.15) is 0 Å². The molecular weight excluding hydrogens is 248 g/mol. The summed E-state index contributed by atoms with van der Waals surface area (Å²) in [6.45, 7) is -0.984. The fourth-order valence-corrected chi connectivity index (χ4v) is 1.19. The Labute approximate surface area is 105 Å². The molecular formula is C10H22O8. The van der Waals surface area contributed by atoms with Crippen LogP contribution in [0, 0.1) is 0 Å². The molecule has 18 heavy (non-hydrogen) atoms. The van der Waals surface area contributed by atoms with Gasteiger partial charge in [-0.25, -0.2) is 0 Å². The summed E-state index contributed by atoms with van der Waals surface area (Å²) in [5.74, 6) is 0. The molecule has 4 atom stereocenters. The quantitative estimate of drug-likeness (QED) is 0.212. The van der Waals surface area contributed by atoms with E-state index in [9.17, 15) is 20.4 Å². The Morgan fingerprint density at radius 1 is 0.667 bits per heavy atom. The van der Waals surface area contributed by atoms with Crippen molar-refractivity contribution in [1.82, 2.24) is 0 Å². The molecule has 0 aliphatic heterocycles. The smallest absolute Gasteiger partial charge is 0.111 e. The summed E-state index contributed by atoms with van der Waals surface area (Å²) >= 11 is 0. The van der Waals surface area contributed by atoms with Crippen molar-refractivity contribution in [2.24, 2.45) is 0 Å². The van der Waals surface area contributed by atoms with Crippen LogP contribution >= 0.6 is 0 Å². The summed E-state index contributed by atoms with van der Waals surface area (Å²) in [6.07, 6.45) is -5.98. The van der Waals surface area contributed by atoms with Crippen molar-refractivity contribution < 1.29 is 40.1 Å². The first-order valence-corrected chi connectivity index (χ1v) is 5.64. The Bertz CT molecular complexity index is 171.